The van der Waals surface area contributed by atoms with Gasteiger partial charge in [-0.1, -0.05) is 12.1 Å². The van der Waals surface area contributed by atoms with E-state index < -0.39 is 29.6 Å². The van der Waals surface area contributed by atoms with Gasteiger partial charge in [0.2, 0.25) is 0 Å². The fourth-order valence-electron chi connectivity index (χ4n) is 3.14. The third-order valence-electron chi connectivity index (χ3n) is 4.80. The maximum Gasteiger partial charge on any atom is 0.416 e. The number of carbonyl (C=O) groups excluding carboxylic acids is 2. The molecule has 0 radical (unpaired) electrons. The quantitative estimate of drug-likeness (QED) is 0.531. The number of anilines is 1. The second kappa shape index (κ2) is 9.34. The first kappa shape index (κ1) is 22.5. The molecule has 3 rings (SSSR count). The van der Waals surface area contributed by atoms with E-state index >= 15 is 0 Å². The minimum Gasteiger partial charge on any atom is -0.465 e. The topological polar surface area (TPSA) is 59.1 Å². The standard InChI is InChI=1S/C21H20F4N2O4/c1-30-19(28)14-5-6-15(18(22)11-14)13-27(20(29)26-7-9-31-10-8-26)17-4-2-3-16(12-17)21(23,24)25/h2-6,11-12H,7-10,13H2,1H3. The van der Waals surface area contributed by atoms with E-state index in [1.807, 2.05) is 0 Å². The molecule has 0 aliphatic carbocycles. The maximum atomic E-state index is 14.6. The number of carbonyl (C=O) groups is 2. The molecule has 0 unspecified atom stereocenters. The molecule has 1 saturated heterocycles. The molecular weight excluding hydrogens is 420 g/mol. The van der Waals surface area contributed by atoms with Gasteiger partial charge in [0.15, 0.2) is 0 Å². The maximum absolute atomic E-state index is 14.6. The van der Waals surface area contributed by atoms with Gasteiger partial charge in [0.25, 0.3) is 0 Å². The number of hydrogen-bond donors (Lipinski definition) is 0. The van der Waals surface area contributed by atoms with Crippen LogP contribution in [0.1, 0.15) is 21.5 Å². The zero-order chi connectivity index (χ0) is 22.6. The molecule has 0 N–H and O–H groups in total. The minimum absolute atomic E-state index is 0.0196. The summed E-state index contributed by atoms with van der Waals surface area (Å²) in [5, 5.41) is 0. The Balaban J connectivity index is 1.97. The largest absolute Gasteiger partial charge is 0.465 e. The Bertz CT molecular complexity index is 959. The van der Waals surface area contributed by atoms with Gasteiger partial charge in [0.1, 0.15) is 5.82 Å². The first-order chi connectivity index (χ1) is 14.7. The fourth-order valence-corrected chi connectivity index (χ4v) is 3.14. The number of ether oxygens (including phenoxy) is 2. The van der Waals surface area contributed by atoms with Crippen molar-refractivity contribution in [1.29, 1.82) is 0 Å². The Kier molecular flexibility index (Phi) is 6.79. The Labute approximate surface area is 175 Å². The molecule has 2 amide bonds. The Morgan fingerprint density at radius 1 is 1.13 bits per heavy atom. The Morgan fingerprint density at radius 3 is 2.45 bits per heavy atom. The summed E-state index contributed by atoms with van der Waals surface area (Å²) < 4.78 is 64.0. The third-order valence-corrected chi connectivity index (χ3v) is 4.80. The zero-order valence-corrected chi connectivity index (χ0v) is 16.6. The van der Waals surface area contributed by atoms with Crippen LogP contribution >= 0.6 is 0 Å². The summed E-state index contributed by atoms with van der Waals surface area (Å²) in [4.78, 5) is 27.2. The van der Waals surface area contributed by atoms with Gasteiger partial charge in [0, 0.05) is 24.3 Å². The number of amides is 2. The van der Waals surface area contributed by atoms with Crippen LogP contribution in [0.4, 0.5) is 28.0 Å². The van der Waals surface area contributed by atoms with Crippen molar-refractivity contribution in [3.8, 4) is 0 Å². The second-order valence-electron chi connectivity index (χ2n) is 6.81. The molecule has 0 spiro atoms. The third kappa shape index (κ3) is 5.32. The number of morpholine rings is 1. The van der Waals surface area contributed by atoms with E-state index in [4.69, 9.17) is 4.74 Å². The SMILES string of the molecule is COC(=O)c1ccc(CN(C(=O)N2CCOCC2)c2cccc(C(F)(F)F)c2)c(F)c1. The summed E-state index contributed by atoms with van der Waals surface area (Å²) >= 11 is 0. The van der Waals surface area contributed by atoms with E-state index in [0.29, 0.717) is 13.2 Å². The average molecular weight is 440 g/mol. The molecular formula is C21H20F4N2O4. The van der Waals surface area contributed by atoms with Crippen molar-refractivity contribution >= 4 is 17.7 Å². The molecule has 0 saturated carbocycles. The van der Waals surface area contributed by atoms with Crippen molar-refractivity contribution in [3.63, 3.8) is 0 Å². The normalized spacial score (nSPS) is 14.3. The molecule has 1 fully saturated rings. The van der Waals surface area contributed by atoms with Crippen LogP contribution in [0.3, 0.4) is 0 Å². The van der Waals surface area contributed by atoms with E-state index in [-0.39, 0.29) is 36.4 Å². The van der Waals surface area contributed by atoms with Crippen LogP contribution in [0.5, 0.6) is 0 Å². The van der Waals surface area contributed by atoms with Crippen molar-refractivity contribution in [2.75, 3.05) is 38.3 Å². The molecule has 2 aromatic rings. The average Bonchev–Trinajstić information content (AvgIpc) is 2.77. The van der Waals surface area contributed by atoms with Crippen LogP contribution in [0.25, 0.3) is 0 Å². The van der Waals surface area contributed by atoms with Crippen molar-refractivity contribution in [2.24, 2.45) is 0 Å². The highest BCUT2D eigenvalue weighted by molar-refractivity contribution is 5.92. The van der Waals surface area contributed by atoms with E-state index in [1.165, 1.54) is 29.2 Å². The molecule has 0 atom stereocenters. The molecule has 2 aromatic carbocycles. The lowest BCUT2D eigenvalue weighted by Crippen LogP contribution is -2.48. The van der Waals surface area contributed by atoms with Crippen LogP contribution in [0.15, 0.2) is 42.5 Å². The number of esters is 1. The van der Waals surface area contributed by atoms with Gasteiger partial charge in [-0.25, -0.2) is 14.0 Å². The van der Waals surface area contributed by atoms with E-state index in [9.17, 15) is 27.2 Å². The molecule has 166 valence electrons. The highest BCUT2D eigenvalue weighted by Gasteiger charge is 2.32. The Morgan fingerprint density at radius 2 is 1.84 bits per heavy atom. The van der Waals surface area contributed by atoms with Crippen molar-refractivity contribution in [2.45, 2.75) is 12.7 Å². The predicted octanol–water partition coefficient (Wildman–Crippen LogP) is 4.09. The number of urea groups is 1. The van der Waals surface area contributed by atoms with E-state index in [0.717, 1.165) is 30.2 Å². The van der Waals surface area contributed by atoms with Gasteiger partial charge < -0.3 is 14.4 Å². The van der Waals surface area contributed by atoms with Gasteiger partial charge in [-0.2, -0.15) is 13.2 Å². The van der Waals surface area contributed by atoms with Crippen LogP contribution in [0.2, 0.25) is 0 Å². The molecule has 6 nitrogen and oxygen atoms in total. The summed E-state index contributed by atoms with van der Waals surface area (Å²) in [5.74, 6) is -1.51. The molecule has 0 bridgehead atoms. The summed E-state index contributed by atoms with van der Waals surface area (Å²) in [7, 11) is 1.16. The number of halogens is 4. The van der Waals surface area contributed by atoms with E-state index in [1.54, 1.807) is 0 Å². The molecule has 1 aliphatic heterocycles. The molecule has 1 aliphatic rings. The summed E-state index contributed by atoms with van der Waals surface area (Å²) in [5.41, 5.74) is -0.936. The summed E-state index contributed by atoms with van der Waals surface area (Å²) in [6.07, 6.45) is -4.60. The number of benzene rings is 2. The Hall–Kier alpha value is -3.14. The van der Waals surface area contributed by atoms with Gasteiger partial charge >= 0.3 is 18.2 Å². The van der Waals surface area contributed by atoms with Crippen LogP contribution in [-0.4, -0.2) is 50.3 Å². The van der Waals surface area contributed by atoms with Crippen LogP contribution in [0, 0.1) is 5.82 Å². The monoisotopic (exact) mass is 440 g/mol. The number of hydrogen-bond acceptors (Lipinski definition) is 4. The number of nitrogens with zero attached hydrogens (tertiary/aromatic N) is 2. The van der Waals surface area contributed by atoms with E-state index in [2.05, 4.69) is 4.74 Å². The highest BCUT2D eigenvalue weighted by Crippen LogP contribution is 2.32. The highest BCUT2D eigenvalue weighted by atomic mass is 19.4. The van der Waals surface area contributed by atoms with Gasteiger partial charge in [-0.15, -0.1) is 0 Å². The van der Waals surface area contributed by atoms with Crippen molar-refractivity contribution in [3.05, 3.63) is 65.0 Å². The lowest BCUT2D eigenvalue weighted by molar-refractivity contribution is -0.137. The lowest BCUT2D eigenvalue weighted by Gasteiger charge is -2.33. The molecule has 0 aromatic heterocycles. The first-order valence-electron chi connectivity index (χ1n) is 9.39. The van der Waals surface area contributed by atoms with Gasteiger partial charge in [-0.05, 0) is 30.3 Å². The first-order valence-corrected chi connectivity index (χ1v) is 9.39. The number of rotatable bonds is 4. The zero-order valence-electron chi connectivity index (χ0n) is 16.6. The van der Waals surface area contributed by atoms with Crippen LogP contribution < -0.4 is 4.90 Å². The summed E-state index contributed by atoms with van der Waals surface area (Å²) in [6, 6.07) is 7.31. The van der Waals surface area contributed by atoms with Crippen LogP contribution in [-0.2, 0) is 22.2 Å². The second-order valence-corrected chi connectivity index (χ2v) is 6.81. The minimum atomic E-state index is -4.60. The van der Waals surface area contributed by atoms with Crippen molar-refractivity contribution in [1.82, 2.24) is 4.90 Å². The molecule has 1 heterocycles. The molecule has 10 heteroatoms. The van der Waals surface area contributed by atoms with Crippen molar-refractivity contribution < 1.29 is 36.6 Å². The molecule has 31 heavy (non-hydrogen) atoms. The number of alkyl halides is 3. The van der Waals surface area contributed by atoms with Gasteiger partial charge in [-0.3, -0.25) is 4.90 Å². The predicted molar refractivity (Wildman–Crippen MR) is 103 cm³/mol. The fraction of sp³-hybridized carbons (Fsp3) is 0.333. The number of methoxy groups -OCH3 is 1. The van der Waals surface area contributed by atoms with Gasteiger partial charge in [0.05, 0.1) is 38.0 Å². The lowest BCUT2D eigenvalue weighted by atomic mass is 10.1. The summed E-state index contributed by atoms with van der Waals surface area (Å²) in [6.45, 7) is 0.787. The smallest absolute Gasteiger partial charge is 0.416 e.